The molecular formula is C20H31N3O4. The van der Waals surface area contributed by atoms with E-state index in [-0.39, 0.29) is 11.6 Å². The number of nitrogens with one attached hydrogen (secondary N) is 1. The first-order valence-electron chi connectivity index (χ1n) is 9.29. The van der Waals surface area contributed by atoms with Crippen molar-refractivity contribution in [2.75, 3.05) is 13.1 Å². The SMILES string of the molecule is Cc1c(C(=O)N2CCC(C)(O)CC2)c(C)n(C)c1C(=O)C(=O)NC(C)(C)C. The third-order valence-corrected chi connectivity index (χ3v) is 5.18. The predicted molar refractivity (Wildman–Crippen MR) is 103 cm³/mol. The highest BCUT2D eigenvalue weighted by Crippen LogP contribution is 2.27. The summed E-state index contributed by atoms with van der Waals surface area (Å²) in [6.45, 7) is 11.6. The second kappa shape index (κ2) is 7.11. The molecule has 1 fully saturated rings. The van der Waals surface area contributed by atoms with Gasteiger partial charge in [-0.25, -0.2) is 0 Å². The normalized spacial score (nSPS) is 17.0. The first kappa shape index (κ1) is 21.2. The molecule has 0 radical (unpaired) electrons. The Morgan fingerprint density at radius 2 is 1.63 bits per heavy atom. The third kappa shape index (κ3) is 4.40. The molecule has 0 aromatic carbocycles. The summed E-state index contributed by atoms with van der Waals surface area (Å²) in [7, 11) is 1.69. The first-order valence-corrected chi connectivity index (χ1v) is 9.29. The van der Waals surface area contributed by atoms with Gasteiger partial charge in [0.15, 0.2) is 0 Å². The van der Waals surface area contributed by atoms with Crippen LogP contribution in [0.25, 0.3) is 0 Å². The number of aliphatic hydroxyl groups is 1. The van der Waals surface area contributed by atoms with E-state index in [1.54, 1.807) is 37.3 Å². The standard InChI is InChI=1S/C20H31N3O4/c1-12-14(18(26)23-10-8-20(6,27)9-11-23)13(2)22(7)15(12)16(24)17(25)21-19(3,4)5/h27H,8-11H2,1-7H3,(H,21,25). The maximum atomic E-state index is 13.1. The van der Waals surface area contributed by atoms with Crippen LogP contribution in [0.4, 0.5) is 0 Å². The van der Waals surface area contributed by atoms with Crippen molar-refractivity contribution in [2.45, 2.75) is 65.5 Å². The third-order valence-electron chi connectivity index (χ3n) is 5.18. The van der Waals surface area contributed by atoms with Gasteiger partial charge in [0, 0.05) is 31.4 Å². The average Bonchev–Trinajstić information content (AvgIpc) is 2.74. The Hall–Kier alpha value is -2.15. The van der Waals surface area contributed by atoms with Crippen molar-refractivity contribution >= 4 is 17.6 Å². The summed E-state index contributed by atoms with van der Waals surface area (Å²) >= 11 is 0. The zero-order valence-electron chi connectivity index (χ0n) is 17.4. The van der Waals surface area contributed by atoms with Crippen molar-refractivity contribution in [3.8, 4) is 0 Å². The molecule has 7 nitrogen and oxygen atoms in total. The van der Waals surface area contributed by atoms with Crippen molar-refractivity contribution in [2.24, 2.45) is 7.05 Å². The van der Waals surface area contributed by atoms with E-state index in [1.807, 2.05) is 20.8 Å². The zero-order chi connectivity index (χ0) is 20.7. The fourth-order valence-corrected chi connectivity index (χ4v) is 3.47. The van der Waals surface area contributed by atoms with Crippen molar-refractivity contribution in [3.63, 3.8) is 0 Å². The molecule has 1 aliphatic heterocycles. The van der Waals surface area contributed by atoms with Gasteiger partial charge in [0.05, 0.1) is 16.9 Å². The molecule has 1 aliphatic rings. The van der Waals surface area contributed by atoms with E-state index in [1.165, 1.54) is 0 Å². The minimum atomic E-state index is -0.746. The number of hydrogen-bond donors (Lipinski definition) is 2. The molecule has 150 valence electrons. The van der Waals surface area contributed by atoms with Gasteiger partial charge >= 0.3 is 0 Å². The van der Waals surface area contributed by atoms with Gasteiger partial charge in [0.25, 0.3) is 17.6 Å². The smallest absolute Gasteiger partial charge is 0.294 e. The summed E-state index contributed by atoms with van der Waals surface area (Å²) in [6.07, 6.45) is 1.03. The molecule has 1 aromatic heterocycles. The second-order valence-electron chi connectivity index (χ2n) is 8.82. The van der Waals surface area contributed by atoms with E-state index < -0.39 is 22.8 Å². The number of rotatable bonds is 3. The van der Waals surface area contributed by atoms with E-state index in [0.717, 1.165) is 0 Å². The van der Waals surface area contributed by atoms with E-state index in [9.17, 15) is 19.5 Å². The topological polar surface area (TPSA) is 91.6 Å². The summed E-state index contributed by atoms with van der Waals surface area (Å²) in [5.74, 6) is -1.49. The zero-order valence-corrected chi connectivity index (χ0v) is 17.4. The van der Waals surface area contributed by atoms with Crippen LogP contribution < -0.4 is 5.32 Å². The number of carbonyl (C=O) groups excluding carboxylic acids is 3. The van der Waals surface area contributed by atoms with Gasteiger partial charge in [-0.2, -0.15) is 0 Å². The van der Waals surface area contributed by atoms with Crippen LogP contribution in [-0.4, -0.2) is 56.4 Å². The lowest BCUT2D eigenvalue weighted by Crippen LogP contribution is -2.45. The molecule has 7 heteroatoms. The maximum Gasteiger partial charge on any atom is 0.294 e. The van der Waals surface area contributed by atoms with Crippen LogP contribution in [0, 0.1) is 13.8 Å². The minimum Gasteiger partial charge on any atom is -0.390 e. The lowest BCUT2D eigenvalue weighted by molar-refractivity contribution is -0.118. The molecule has 2 N–H and O–H groups in total. The number of carbonyl (C=O) groups is 3. The second-order valence-corrected chi connectivity index (χ2v) is 8.82. The van der Waals surface area contributed by atoms with Crippen LogP contribution in [0.3, 0.4) is 0 Å². The van der Waals surface area contributed by atoms with Crippen molar-refractivity contribution in [1.29, 1.82) is 0 Å². The Bertz CT molecular complexity index is 774. The molecule has 2 amide bonds. The van der Waals surface area contributed by atoms with Gasteiger partial charge in [-0.1, -0.05) is 0 Å². The molecule has 2 heterocycles. The molecule has 27 heavy (non-hydrogen) atoms. The monoisotopic (exact) mass is 377 g/mol. The minimum absolute atomic E-state index is 0.161. The summed E-state index contributed by atoms with van der Waals surface area (Å²) in [6, 6.07) is 0. The molecule has 1 saturated heterocycles. The fraction of sp³-hybridized carbons (Fsp3) is 0.650. The number of hydrogen-bond acceptors (Lipinski definition) is 4. The van der Waals surface area contributed by atoms with Gasteiger partial charge < -0.3 is 19.9 Å². The molecule has 0 bridgehead atoms. The average molecular weight is 377 g/mol. The summed E-state index contributed by atoms with van der Waals surface area (Å²) in [4.78, 5) is 39.8. The fourth-order valence-electron chi connectivity index (χ4n) is 3.47. The van der Waals surface area contributed by atoms with Crippen LogP contribution in [-0.2, 0) is 11.8 Å². The van der Waals surface area contributed by atoms with E-state index >= 15 is 0 Å². The van der Waals surface area contributed by atoms with Gasteiger partial charge in [-0.15, -0.1) is 0 Å². The van der Waals surface area contributed by atoms with E-state index in [0.29, 0.717) is 42.8 Å². The molecule has 0 aliphatic carbocycles. The van der Waals surface area contributed by atoms with Crippen LogP contribution in [0.2, 0.25) is 0 Å². The number of ketones is 1. The first-order chi connectivity index (χ1) is 12.2. The molecule has 2 rings (SSSR count). The van der Waals surface area contributed by atoms with E-state index in [4.69, 9.17) is 0 Å². The van der Waals surface area contributed by atoms with Gasteiger partial charge in [-0.3, -0.25) is 14.4 Å². The number of amides is 2. The van der Waals surface area contributed by atoms with Crippen LogP contribution >= 0.6 is 0 Å². The highest BCUT2D eigenvalue weighted by Gasteiger charge is 2.34. The van der Waals surface area contributed by atoms with Gasteiger partial charge in [0.1, 0.15) is 0 Å². The van der Waals surface area contributed by atoms with Crippen molar-refractivity contribution < 1.29 is 19.5 Å². The molecular weight excluding hydrogens is 346 g/mol. The summed E-state index contributed by atoms with van der Waals surface area (Å²) < 4.78 is 1.62. The summed E-state index contributed by atoms with van der Waals surface area (Å²) in [5, 5.41) is 12.8. The highest BCUT2D eigenvalue weighted by molar-refractivity contribution is 6.43. The number of aromatic nitrogens is 1. The van der Waals surface area contributed by atoms with Crippen molar-refractivity contribution in [3.05, 3.63) is 22.5 Å². The Kier molecular flexibility index (Phi) is 5.57. The van der Waals surface area contributed by atoms with Crippen LogP contribution in [0.5, 0.6) is 0 Å². The number of likely N-dealkylation sites (tertiary alicyclic amines) is 1. The van der Waals surface area contributed by atoms with Crippen molar-refractivity contribution in [1.82, 2.24) is 14.8 Å². The highest BCUT2D eigenvalue weighted by atomic mass is 16.3. The van der Waals surface area contributed by atoms with Crippen LogP contribution in [0.1, 0.15) is 72.6 Å². The summed E-state index contributed by atoms with van der Waals surface area (Å²) in [5.41, 5.74) is 0.606. The quantitative estimate of drug-likeness (QED) is 0.620. The Balaban J connectivity index is 2.33. The lowest BCUT2D eigenvalue weighted by atomic mass is 9.93. The molecule has 0 saturated carbocycles. The Morgan fingerprint density at radius 1 is 1.11 bits per heavy atom. The number of nitrogens with zero attached hydrogens (tertiary/aromatic N) is 2. The largest absolute Gasteiger partial charge is 0.390 e. The predicted octanol–water partition coefficient (Wildman–Crippen LogP) is 1.73. The lowest BCUT2D eigenvalue weighted by Gasteiger charge is -2.36. The molecule has 0 atom stereocenters. The van der Waals surface area contributed by atoms with Gasteiger partial charge in [0.2, 0.25) is 0 Å². The van der Waals surface area contributed by atoms with Crippen LogP contribution in [0.15, 0.2) is 0 Å². The molecule has 0 unspecified atom stereocenters. The number of piperidine rings is 1. The Labute approximate surface area is 160 Å². The number of Topliss-reactive ketones (excluding diaryl/α,β-unsaturated/α-hetero) is 1. The van der Waals surface area contributed by atoms with Gasteiger partial charge in [-0.05, 0) is 59.9 Å². The molecule has 1 aromatic rings. The Morgan fingerprint density at radius 3 is 2.11 bits per heavy atom. The van der Waals surface area contributed by atoms with E-state index in [2.05, 4.69) is 5.32 Å². The maximum absolute atomic E-state index is 13.1. The molecule has 0 spiro atoms.